The fourth-order valence-corrected chi connectivity index (χ4v) is 6.55. The van der Waals surface area contributed by atoms with Gasteiger partial charge < -0.3 is 4.74 Å². The van der Waals surface area contributed by atoms with Gasteiger partial charge in [0.25, 0.3) is 20.2 Å². The normalized spacial score (nSPS) is 12.9. The largest absolute Gasteiger partial charge is 0.495 e. The van der Waals surface area contributed by atoms with Crippen molar-refractivity contribution in [2.45, 2.75) is 48.9 Å². The summed E-state index contributed by atoms with van der Waals surface area (Å²) in [5, 5.41) is 0. The first-order valence-corrected chi connectivity index (χ1v) is 17.7. The van der Waals surface area contributed by atoms with Crippen LogP contribution in [0.4, 0.5) is 0 Å². The molecule has 3 aromatic carbocycles. The summed E-state index contributed by atoms with van der Waals surface area (Å²) in [4.78, 5) is -0.521. The van der Waals surface area contributed by atoms with Crippen molar-refractivity contribution in [3.05, 3.63) is 83.9 Å². The molecule has 0 amide bonds. The van der Waals surface area contributed by atoms with Gasteiger partial charge in [-0.25, -0.2) is 18.6 Å². The Morgan fingerprint density at radius 2 is 1.44 bits per heavy atom. The van der Waals surface area contributed by atoms with E-state index < -0.39 is 30.5 Å². The molecule has 0 spiro atoms. The summed E-state index contributed by atoms with van der Waals surface area (Å²) in [6, 6.07) is 21.0. The fourth-order valence-electron chi connectivity index (χ4n) is 5.39. The maximum atomic E-state index is 12.2. The third-order valence-corrected chi connectivity index (χ3v) is 9.05. The van der Waals surface area contributed by atoms with Crippen LogP contribution in [0.25, 0.3) is 33.6 Å². The zero-order valence-electron chi connectivity index (χ0n) is 24.2. The van der Waals surface area contributed by atoms with Crippen LogP contribution in [0.2, 0.25) is 0 Å². The van der Waals surface area contributed by atoms with Gasteiger partial charge in [0.2, 0.25) is 11.4 Å². The number of pyridine rings is 1. The summed E-state index contributed by atoms with van der Waals surface area (Å²) in [5.41, 5.74) is 7.31. The average Bonchev–Trinajstić information content (AvgIpc) is 2.97. The van der Waals surface area contributed by atoms with E-state index in [4.69, 9.17) is 23.4 Å². The number of hydrogen-bond acceptors (Lipinski definition) is 9. The molecule has 0 radical (unpaired) electrons. The molecule has 12 nitrogen and oxygen atoms in total. The number of fused-ring (bicyclic) bond motifs is 3. The summed E-state index contributed by atoms with van der Waals surface area (Å²) < 4.78 is 109. The minimum absolute atomic E-state index is 0.0421. The number of aryl methyl sites for hydroxylation is 1. The highest BCUT2D eigenvalue weighted by molar-refractivity contribution is 7.86. The summed E-state index contributed by atoms with van der Waals surface area (Å²) in [5.74, 6) is 0.0421. The SMILES string of the molecule is CCCC[n+]1c(-c2ccc(S(=O)(=O)O)cc2)cc(-c2ccc(OC)c(S(=O)(=O)O)c2)c2c1-c1ccccc1CC2.[O-][Cl+3]([O-])([O-])[O-]. The molecule has 1 aliphatic carbocycles. The number of ether oxygens (including phenoxy) is 1. The highest BCUT2D eigenvalue weighted by Gasteiger charge is 2.32. The van der Waals surface area contributed by atoms with E-state index in [9.17, 15) is 25.9 Å². The molecule has 5 rings (SSSR count). The second-order valence-corrected chi connectivity index (χ2v) is 13.7. The first-order chi connectivity index (χ1) is 21.0. The van der Waals surface area contributed by atoms with Gasteiger partial charge in [-0.3, -0.25) is 9.11 Å². The number of halogens is 1. The summed E-state index contributed by atoms with van der Waals surface area (Å²) in [7, 11) is -12.5. The van der Waals surface area contributed by atoms with Crippen LogP contribution in [0.15, 0.2) is 82.6 Å². The Labute approximate surface area is 263 Å². The lowest BCUT2D eigenvalue weighted by Crippen LogP contribution is -2.68. The average molecular weight is 680 g/mol. The second-order valence-electron chi connectivity index (χ2n) is 10.2. The van der Waals surface area contributed by atoms with Gasteiger partial charge in [-0.1, -0.05) is 37.6 Å². The molecule has 0 aliphatic heterocycles. The maximum absolute atomic E-state index is 12.2. The van der Waals surface area contributed by atoms with Crippen molar-refractivity contribution >= 4 is 20.2 Å². The predicted molar refractivity (Wildman–Crippen MR) is 151 cm³/mol. The quantitative estimate of drug-likeness (QED) is 0.194. The number of nitrogens with zero attached hydrogens (tertiary/aromatic N) is 1. The summed E-state index contributed by atoms with van der Waals surface area (Å²) >= 11 is 0. The van der Waals surface area contributed by atoms with Gasteiger partial charge in [0.1, 0.15) is 17.2 Å². The van der Waals surface area contributed by atoms with Crippen molar-refractivity contribution in [3.8, 4) is 39.4 Å². The molecule has 4 aromatic rings. The summed E-state index contributed by atoms with van der Waals surface area (Å²) in [6.45, 7) is 2.83. The zero-order valence-corrected chi connectivity index (χ0v) is 26.6. The van der Waals surface area contributed by atoms with E-state index in [-0.39, 0.29) is 15.5 Å². The van der Waals surface area contributed by atoms with Gasteiger partial charge >= 0.3 is 0 Å². The standard InChI is InChI=1S/C30H29NO7S2.ClHO4/c1-3-4-17-31-27(21-9-13-23(14-10-21)39(32,33)34)19-26(22-12-16-28(38-2)29(18-22)40(35,36)37)25-15-11-20-7-5-6-8-24(20)30(25)31;2-1(3,4)5/h5-10,12-14,16,18-19H,3-4,11,15,17H2,1-2H3,(H-,32,33,34,35,36,37);(H,2,3,4,5). The lowest BCUT2D eigenvalue weighted by Gasteiger charge is -2.23. The molecule has 0 fully saturated rings. The molecule has 0 saturated heterocycles. The number of hydrogen-bond donors (Lipinski definition) is 2. The van der Waals surface area contributed by atoms with E-state index in [1.165, 1.54) is 36.9 Å². The number of rotatable bonds is 8. The van der Waals surface area contributed by atoms with Crippen LogP contribution in [0.5, 0.6) is 5.75 Å². The van der Waals surface area contributed by atoms with Crippen LogP contribution in [-0.4, -0.2) is 33.1 Å². The van der Waals surface area contributed by atoms with Crippen molar-refractivity contribution in [3.63, 3.8) is 0 Å². The third kappa shape index (κ3) is 8.24. The number of aromatic nitrogens is 1. The number of unbranched alkanes of at least 4 members (excludes halogenated alkanes) is 1. The molecule has 1 aromatic heterocycles. The Hall–Kier alpha value is -3.44. The van der Waals surface area contributed by atoms with Gasteiger partial charge in [-0.15, -0.1) is 10.2 Å². The van der Waals surface area contributed by atoms with Crippen LogP contribution in [0.3, 0.4) is 0 Å². The molecule has 0 unspecified atom stereocenters. The molecule has 2 N–H and O–H groups in total. The van der Waals surface area contributed by atoms with E-state index in [2.05, 4.69) is 23.6 Å². The minimum Gasteiger partial charge on any atom is -0.495 e. The zero-order chi connectivity index (χ0) is 33.2. The lowest BCUT2D eigenvalue weighted by atomic mass is 9.83. The monoisotopic (exact) mass is 679 g/mol. The maximum Gasteiger partial charge on any atom is 0.298 e. The molecule has 0 bridgehead atoms. The molecule has 1 heterocycles. The first kappa shape index (κ1) is 34.4. The van der Waals surface area contributed by atoms with Crippen molar-refractivity contribution in [1.82, 2.24) is 0 Å². The van der Waals surface area contributed by atoms with Gasteiger partial charge in [0.15, 0.2) is 0 Å². The van der Waals surface area contributed by atoms with Crippen molar-refractivity contribution in [2.24, 2.45) is 0 Å². The topological polar surface area (TPSA) is 214 Å². The second kappa shape index (κ2) is 13.5. The molecular weight excluding hydrogens is 650 g/mol. The first-order valence-electron chi connectivity index (χ1n) is 13.6. The van der Waals surface area contributed by atoms with Crippen LogP contribution in [0, 0.1) is 10.2 Å². The number of benzene rings is 3. The number of methoxy groups -OCH3 is 1. The van der Waals surface area contributed by atoms with Crippen molar-refractivity contribution < 1.29 is 64.1 Å². The van der Waals surface area contributed by atoms with Gasteiger partial charge in [0, 0.05) is 29.2 Å². The highest BCUT2D eigenvalue weighted by Crippen LogP contribution is 2.40. The Morgan fingerprint density at radius 1 is 0.822 bits per heavy atom. The van der Waals surface area contributed by atoms with Crippen LogP contribution >= 0.6 is 0 Å². The van der Waals surface area contributed by atoms with E-state index in [1.807, 2.05) is 18.2 Å². The molecule has 1 aliphatic rings. The molecule has 0 atom stereocenters. The van der Waals surface area contributed by atoms with Crippen LogP contribution < -0.4 is 27.9 Å². The van der Waals surface area contributed by atoms with Crippen LogP contribution in [-0.2, 0) is 39.6 Å². The van der Waals surface area contributed by atoms with Gasteiger partial charge in [0.05, 0.1) is 12.0 Å². The molecule has 0 saturated carbocycles. The van der Waals surface area contributed by atoms with Crippen LogP contribution in [0.1, 0.15) is 30.9 Å². The molecule has 45 heavy (non-hydrogen) atoms. The van der Waals surface area contributed by atoms with E-state index in [0.717, 1.165) is 59.3 Å². The van der Waals surface area contributed by atoms with E-state index in [0.29, 0.717) is 12.1 Å². The van der Waals surface area contributed by atoms with Gasteiger partial charge in [-0.05, 0) is 72.0 Å². The molecule has 15 heteroatoms. The Bertz CT molecular complexity index is 1920. The van der Waals surface area contributed by atoms with E-state index in [1.54, 1.807) is 18.2 Å². The Morgan fingerprint density at radius 3 is 2.02 bits per heavy atom. The third-order valence-electron chi connectivity index (χ3n) is 7.31. The van der Waals surface area contributed by atoms with Crippen molar-refractivity contribution in [1.29, 1.82) is 0 Å². The fraction of sp³-hybridized carbons (Fsp3) is 0.233. The summed E-state index contributed by atoms with van der Waals surface area (Å²) in [6.07, 6.45) is 3.41. The lowest BCUT2D eigenvalue weighted by molar-refractivity contribution is -2.00. The smallest absolute Gasteiger partial charge is 0.298 e. The van der Waals surface area contributed by atoms with Crippen molar-refractivity contribution in [2.75, 3.05) is 7.11 Å². The predicted octanol–water partition coefficient (Wildman–Crippen LogP) is 0.620. The minimum atomic E-state index is -4.94. The Kier molecular flexibility index (Phi) is 10.3. The molecule has 240 valence electrons. The molecular formula is C30H30ClNO11S2. The Balaban J connectivity index is 0.000000854. The van der Waals surface area contributed by atoms with E-state index >= 15 is 0 Å². The van der Waals surface area contributed by atoms with Gasteiger partial charge in [-0.2, -0.15) is 21.4 Å². The highest BCUT2D eigenvalue weighted by atomic mass is 35.7.